The van der Waals surface area contributed by atoms with E-state index < -0.39 is 17.7 Å². The Hall–Kier alpha value is -3.65. The predicted octanol–water partition coefficient (Wildman–Crippen LogP) is 5.72. The van der Waals surface area contributed by atoms with Crippen molar-refractivity contribution in [2.45, 2.75) is 6.61 Å². The first kappa shape index (κ1) is 19.7. The smallest absolute Gasteiger partial charge is 0.324 e. The van der Waals surface area contributed by atoms with Gasteiger partial charge in [-0.05, 0) is 54.1 Å². The molecule has 0 aliphatic rings. The Bertz CT molecular complexity index is 1210. The van der Waals surface area contributed by atoms with Gasteiger partial charge < -0.3 is 10.1 Å². The summed E-state index contributed by atoms with van der Waals surface area (Å²) in [6.45, 7) is -0.0178. The van der Waals surface area contributed by atoms with Crippen LogP contribution in [0.2, 0.25) is 5.02 Å². The van der Waals surface area contributed by atoms with E-state index in [-0.39, 0.29) is 6.61 Å². The number of amides is 2. The SMILES string of the molecule is O=C(Nc1cccc(Cl)c1)Nc1n[nH]c2ccc(OCc3cc(F)cc(F)c3)cc12. The van der Waals surface area contributed by atoms with Crippen molar-refractivity contribution < 1.29 is 18.3 Å². The standard InChI is InChI=1S/C21H15ClF2N4O2/c22-13-2-1-3-16(8-13)25-21(29)26-20-18-10-17(4-5-19(18)27-28-20)30-11-12-6-14(23)9-15(24)7-12/h1-10H,11H2,(H3,25,26,27,28,29). The van der Waals surface area contributed by atoms with Crippen LogP contribution in [0.5, 0.6) is 5.75 Å². The first-order valence-electron chi connectivity index (χ1n) is 8.86. The monoisotopic (exact) mass is 428 g/mol. The van der Waals surface area contributed by atoms with Crippen molar-refractivity contribution in [3.63, 3.8) is 0 Å². The molecule has 9 heteroatoms. The molecule has 0 unspecified atom stereocenters. The first-order valence-corrected chi connectivity index (χ1v) is 9.23. The molecule has 0 radical (unpaired) electrons. The molecule has 152 valence electrons. The first-order chi connectivity index (χ1) is 14.5. The minimum Gasteiger partial charge on any atom is -0.489 e. The van der Waals surface area contributed by atoms with E-state index in [0.717, 1.165) is 6.07 Å². The summed E-state index contributed by atoms with van der Waals surface area (Å²) in [6, 6.07) is 14.5. The molecule has 4 aromatic rings. The average molecular weight is 429 g/mol. The summed E-state index contributed by atoms with van der Waals surface area (Å²) in [5, 5.41) is 13.3. The zero-order valence-electron chi connectivity index (χ0n) is 15.4. The molecule has 6 nitrogen and oxygen atoms in total. The predicted molar refractivity (Wildman–Crippen MR) is 111 cm³/mol. The van der Waals surface area contributed by atoms with Gasteiger partial charge in [0.15, 0.2) is 5.82 Å². The highest BCUT2D eigenvalue weighted by atomic mass is 35.5. The van der Waals surface area contributed by atoms with Gasteiger partial charge in [-0.25, -0.2) is 13.6 Å². The summed E-state index contributed by atoms with van der Waals surface area (Å²) in [4.78, 5) is 12.3. The second kappa shape index (κ2) is 8.38. The van der Waals surface area contributed by atoms with E-state index in [0.29, 0.717) is 38.7 Å². The Morgan fingerprint density at radius 3 is 2.60 bits per heavy atom. The van der Waals surface area contributed by atoms with Crippen LogP contribution < -0.4 is 15.4 Å². The molecule has 0 fully saturated rings. The number of H-pyrrole nitrogens is 1. The van der Waals surface area contributed by atoms with Crippen LogP contribution in [0.25, 0.3) is 10.9 Å². The second-order valence-electron chi connectivity index (χ2n) is 6.44. The quantitative estimate of drug-likeness (QED) is 0.380. The number of nitrogens with one attached hydrogen (secondary N) is 3. The van der Waals surface area contributed by atoms with Gasteiger partial charge in [0.2, 0.25) is 0 Å². The van der Waals surface area contributed by atoms with Gasteiger partial charge in [-0.15, -0.1) is 0 Å². The fraction of sp³-hybridized carbons (Fsp3) is 0.0476. The number of benzene rings is 3. The van der Waals surface area contributed by atoms with Gasteiger partial charge in [-0.2, -0.15) is 5.10 Å². The molecule has 1 heterocycles. The highest BCUT2D eigenvalue weighted by molar-refractivity contribution is 6.30. The van der Waals surface area contributed by atoms with Crippen molar-refractivity contribution in [3.05, 3.63) is 82.9 Å². The molecule has 3 N–H and O–H groups in total. The fourth-order valence-electron chi connectivity index (χ4n) is 2.88. The van der Waals surface area contributed by atoms with Crippen LogP contribution >= 0.6 is 11.6 Å². The molecule has 30 heavy (non-hydrogen) atoms. The third-order valence-corrected chi connectivity index (χ3v) is 4.41. The zero-order valence-corrected chi connectivity index (χ0v) is 16.1. The Morgan fingerprint density at radius 2 is 1.83 bits per heavy atom. The number of nitrogens with zero attached hydrogens (tertiary/aromatic N) is 1. The molecule has 1 aromatic heterocycles. The number of ether oxygens (including phenoxy) is 1. The summed E-state index contributed by atoms with van der Waals surface area (Å²) in [5.41, 5.74) is 1.57. The number of fused-ring (bicyclic) bond motifs is 1. The van der Waals surface area contributed by atoms with E-state index in [2.05, 4.69) is 20.8 Å². The van der Waals surface area contributed by atoms with E-state index in [4.69, 9.17) is 16.3 Å². The van der Waals surface area contributed by atoms with Gasteiger partial charge in [0.25, 0.3) is 0 Å². The molecular weight excluding hydrogens is 414 g/mol. The molecule has 0 saturated carbocycles. The number of hydrogen-bond acceptors (Lipinski definition) is 3. The highest BCUT2D eigenvalue weighted by Crippen LogP contribution is 2.26. The second-order valence-corrected chi connectivity index (χ2v) is 6.87. The van der Waals surface area contributed by atoms with E-state index in [9.17, 15) is 13.6 Å². The summed E-state index contributed by atoms with van der Waals surface area (Å²) in [5.74, 6) is -0.592. The molecule has 0 bridgehead atoms. The van der Waals surface area contributed by atoms with Gasteiger partial charge in [0.05, 0.1) is 5.52 Å². The largest absolute Gasteiger partial charge is 0.489 e. The van der Waals surface area contributed by atoms with Gasteiger partial charge >= 0.3 is 6.03 Å². The number of rotatable bonds is 5. The lowest BCUT2D eigenvalue weighted by Crippen LogP contribution is -2.19. The summed E-state index contributed by atoms with van der Waals surface area (Å²) < 4.78 is 32.3. The van der Waals surface area contributed by atoms with Crippen LogP contribution in [-0.4, -0.2) is 16.2 Å². The number of aromatic amines is 1. The van der Waals surface area contributed by atoms with Crippen LogP contribution in [0.1, 0.15) is 5.56 Å². The molecular formula is C21H15ClF2N4O2. The van der Waals surface area contributed by atoms with Gasteiger partial charge in [0.1, 0.15) is 24.0 Å². The Balaban J connectivity index is 1.47. The van der Waals surface area contributed by atoms with Crippen LogP contribution in [0.15, 0.2) is 60.7 Å². The average Bonchev–Trinajstić information content (AvgIpc) is 3.07. The van der Waals surface area contributed by atoms with E-state index in [1.807, 2.05) is 0 Å². The van der Waals surface area contributed by atoms with Crippen LogP contribution in [0, 0.1) is 11.6 Å². The third kappa shape index (κ3) is 4.66. The maximum atomic E-state index is 13.3. The third-order valence-electron chi connectivity index (χ3n) is 4.18. The van der Waals surface area contributed by atoms with Crippen LogP contribution in [0.4, 0.5) is 25.1 Å². The van der Waals surface area contributed by atoms with Crippen molar-refractivity contribution in [2.75, 3.05) is 10.6 Å². The summed E-state index contributed by atoms with van der Waals surface area (Å²) in [7, 11) is 0. The van der Waals surface area contributed by atoms with E-state index >= 15 is 0 Å². The molecule has 0 atom stereocenters. The molecule has 4 rings (SSSR count). The lowest BCUT2D eigenvalue weighted by atomic mass is 10.2. The molecule has 0 saturated heterocycles. The number of aromatic nitrogens is 2. The number of halogens is 3. The van der Waals surface area contributed by atoms with Gasteiger partial charge in [-0.1, -0.05) is 17.7 Å². The van der Waals surface area contributed by atoms with Crippen molar-refractivity contribution in [1.29, 1.82) is 0 Å². The number of carbonyl (C=O) groups is 1. The fourth-order valence-corrected chi connectivity index (χ4v) is 3.07. The van der Waals surface area contributed by atoms with Gasteiger partial charge in [-0.3, -0.25) is 10.4 Å². The maximum Gasteiger partial charge on any atom is 0.324 e. The van der Waals surface area contributed by atoms with Crippen molar-refractivity contribution in [2.24, 2.45) is 0 Å². The highest BCUT2D eigenvalue weighted by Gasteiger charge is 2.11. The lowest BCUT2D eigenvalue weighted by Gasteiger charge is -2.08. The van der Waals surface area contributed by atoms with Gasteiger partial charge in [0, 0.05) is 22.2 Å². The van der Waals surface area contributed by atoms with Crippen molar-refractivity contribution in [1.82, 2.24) is 10.2 Å². The summed E-state index contributed by atoms with van der Waals surface area (Å²) in [6.07, 6.45) is 0. The van der Waals surface area contributed by atoms with Crippen molar-refractivity contribution in [3.8, 4) is 5.75 Å². The van der Waals surface area contributed by atoms with E-state index in [1.54, 1.807) is 42.5 Å². The number of carbonyl (C=O) groups excluding carboxylic acids is 1. The molecule has 3 aromatic carbocycles. The number of urea groups is 1. The Labute approximate surface area is 174 Å². The topological polar surface area (TPSA) is 79.0 Å². The zero-order chi connectivity index (χ0) is 21.1. The maximum absolute atomic E-state index is 13.3. The number of anilines is 2. The number of hydrogen-bond donors (Lipinski definition) is 3. The van der Waals surface area contributed by atoms with Crippen LogP contribution in [0.3, 0.4) is 0 Å². The molecule has 0 aliphatic heterocycles. The molecule has 2 amide bonds. The minimum atomic E-state index is -0.670. The van der Waals surface area contributed by atoms with Crippen LogP contribution in [-0.2, 0) is 6.61 Å². The lowest BCUT2D eigenvalue weighted by molar-refractivity contribution is 0.262. The Morgan fingerprint density at radius 1 is 1.03 bits per heavy atom. The van der Waals surface area contributed by atoms with Crippen molar-refractivity contribution >= 4 is 40.0 Å². The summed E-state index contributed by atoms with van der Waals surface area (Å²) >= 11 is 5.91. The molecule has 0 aliphatic carbocycles. The minimum absolute atomic E-state index is 0.0178. The Kier molecular flexibility index (Phi) is 5.49. The molecule has 0 spiro atoms. The van der Waals surface area contributed by atoms with E-state index in [1.165, 1.54) is 12.1 Å². The normalized spacial score (nSPS) is 10.8.